The summed E-state index contributed by atoms with van der Waals surface area (Å²) in [6, 6.07) is 12.8. The van der Waals surface area contributed by atoms with Crippen molar-refractivity contribution in [2.24, 2.45) is 0 Å². The van der Waals surface area contributed by atoms with Gasteiger partial charge in [-0.15, -0.1) is 0 Å². The summed E-state index contributed by atoms with van der Waals surface area (Å²) in [4.78, 5) is 6.58. The van der Waals surface area contributed by atoms with Crippen LogP contribution < -0.4 is 19.7 Å². The number of nitrogens with one attached hydrogen (secondary N) is 2. The smallest absolute Gasteiger partial charge is 0.229 e. The topological polar surface area (TPSA) is 88.5 Å². The Labute approximate surface area is 206 Å². The van der Waals surface area contributed by atoms with Crippen LogP contribution in [0.5, 0.6) is 5.75 Å². The van der Waals surface area contributed by atoms with Crippen LogP contribution in [-0.4, -0.2) is 36.4 Å². The van der Waals surface area contributed by atoms with Crippen LogP contribution in [0, 0.1) is 0 Å². The lowest BCUT2D eigenvalue weighted by Crippen LogP contribution is -2.29. The summed E-state index contributed by atoms with van der Waals surface area (Å²) in [7, 11) is -2.01. The second-order valence-corrected chi connectivity index (χ2v) is 11.4. The number of methoxy groups -OCH3 is 1. The van der Waals surface area contributed by atoms with E-state index in [-0.39, 0.29) is 17.6 Å². The molecule has 0 aliphatic carbocycles. The van der Waals surface area contributed by atoms with Crippen molar-refractivity contribution in [2.45, 2.75) is 38.4 Å². The molecule has 1 fully saturated rings. The maximum Gasteiger partial charge on any atom is 0.229 e. The molecule has 1 aromatic carbocycles. The highest BCUT2D eigenvalue weighted by Crippen LogP contribution is 2.43. The number of rotatable bonds is 6. The van der Waals surface area contributed by atoms with Crippen molar-refractivity contribution in [3.63, 3.8) is 0 Å². The molecule has 2 N–H and O–H groups in total. The van der Waals surface area contributed by atoms with Crippen molar-refractivity contribution in [1.29, 1.82) is 0 Å². The maximum absolute atomic E-state index is 12.0. The van der Waals surface area contributed by atoms with Gasteiger partial charge in [-0.25, -0.2) is 8.42 Å². The Hall–Kier alpha value is -3.11. The minimum Gasteiger partial charge on any atom is -0.495 e. The molecule has 1 aliphatic rings. The molecule has 0 bridgehead atoms. The zero-order valence-electron chi connectivity index (χ0n) is 19.8. The Bertz CT molecular complexity index is 1300. The van der Waals surface area contributed by atoms with E-state index in [4.69, 9.17) is 17.0 Å². The Morgan fingerprint density at radius 3 is 2.53 bits per heavy atom. The standard InChI is InChI=1S/C24H29N5O3S2/c1-24(2,3)28-13-11-16(15-28)22-21(18-8-6-7-12-25-18)26-23(33)29(22)17-9-10-20(32-4)19(14-17)27-34(5,30)31/h6-15,21-22,27H,1-5H3,(H,26,33)/t21-,22+/m1/s1. The van der Waals surface area contributed by atoms with Crippen LogP contribution >= 0.6 is 12.2 Å². The summed E-state index contributed by atoms with van der Waals surface area (Å²) >= 11 is 5.78. The third-order valence-corrected chi connectivity index (χ3v) is 6.59. The van der Waals surface area contributed by atoms with Gasteiger partial charge in [0.2, 0.25) is 10.0 Å². The van der Waals surface area contributed by atoms with Gasteiger partial charge >= 0.3 is 0 Å². The average Bonchev–Trinajstić information content (AvgIpc) is 3.38. The summed E-state index contributed by atoms with van der Waals surface area (Å²) in [5, 5.41) is 3.95. The first-order valence-corrected chi connectivity index (χ1v) is 13.1. The van der Waals surface area contributed by atoms with Crippen LogP contribution in [0.2, 0.25) is 0 Å². The third kappa shape index (κ3) is 4.88. The SMILES string of the molecule is COc1ccc(N2C(=S)N[C@H](c3ccccn3)[C@@H]2c2ccn(C(C)(C)C)c2)cc1NS(C)(=O)=O. The number of ether oxygens (including phenoxy) is 1. The number of anilines is 2. The molecule has 8 nitrogen and oxygen atoms in total. The molecule has 0 radical (unpaired) electrons. The average molecular weight is 500 g/mol. The lowest BCUT2D eigenvalue weighted by atomic mass is 9.98. The van der Waals surface area contributed by atoms with Gasteiger partial charge in [-0.3, -0.25) is 9.71 Å². The van der Waals surface area contributed by atoms with E-state index in [1.54, 1.807) is 18.3 Å². The molecule has 4 rings (SSSR count). The molecule has 0 spiro atoms. The van der Waals surface area contributed by atoms with E-state index >= 15 is 0 Å². The minimum atomic E-state index is -3.51. The van der Waals surface area contributed by atoms with Crippen LogP contribution in [0.1, 0.15) is 44.1 Å². The number of sulfonamides is 1. The number of hydrogen-bond acceptors (Lipinski definition) is 5. The molecule has 2 atom stereocenters. The molecule has 3 heterocycles. The number of pyridine rings is 1. The Balaban J connectivity index is 1.84. The highest BCUT2D eigenvalue weighted by Gasteiger charge is 2.41. The predicted octanol–water partition coefficient (Wildman–Crippen LogP) is 4.20. The molecule has 0 saturated carbocycles. The normalized spacial score (nSPS) is 18.6. The number of thiocarbonyl (C=S) groups is 1. The second kappa shape index (κ2) is 8.92. The molecule has 3 aromatic rings. The number of benzene rings is 1. The van der Waals surface area contributed by atoms with E-state index in [9.17, 15) is 8.42 Å². The Kier molecular flexibility index (Phi) is 6.30. The molecule has 2 aromatic heterocycles. The zero-order valence-corrected chi connectivity index (χ0v) is 21.4. The predicted molar refractivity (Wildman–Crippen MR) is 139 cm³/mol. The molecule has 180 valence electrons. The van der Waals surface area contributed by atoms with Gasteiger partial charge in [-0.2, -0.15) is 0 Å². The fourth-order valence-corrected chi connectivity index (χ4v) is 5.01. The van der Waals surface area contributed by atoms with Gasteiger partial charge < -0.3 is 19.5 Å². The van der Waals surface area contributed by atoms with Gasteiger partial charge in [0.25, 0.3) is 0 Å². The van der Waals surface area contributed by atoms with Gasteiger partial charge in [0, 0.05) is 29.8 Å². The van der Waals surface area contributed by atoms with Gasteiger partial charge in [-0.05, 0) is 75.0 Å². The van der Waals surface area contributed by atoms with Gasteiger partial charge in [0.1, 0.15) is 5.75 Å². The van der Waals surface area contributed by atoms with Crippen LogP contribution in [0.25, 0.3) is 0 Å². The van der Waals surface area contributed by atoms with Crippen molar-refractivity contribution in [3.8, 4) is 5.75 Å². The first-order chi connectivity index (χ1) is 16.0. The van der Waals surface area contributed by atoms with E-state index in [0.717, 1.165) is 23.2 Å². The highest BCUT2D eigenvalue weighted by atomic mass is 32.2. The Morgan fingerprint density at radius 2 is 1.94 bits per heavy atom. The van der Waals surface area contributed by atoms with Crippen LogP contribution in [0.15, 0.2) is 61.1 Å². The summed E-state index contributed by atoms with van der Waals surface area (Å²) < 4.78 is 34.0. The summed E-state index contributed by atoms with van der Waals surface area (Å²) in [6.07, 6.45) is 7.06. The minimum absolute atomic E-state index is 0.0806. The Morgan fingerprint density at radius 1 is 1.18 bits per heavy atom. The van der Waals surface area contributed by atoms with Crippen LogP contribution in [0.3, 0.4) is 0 Å². The molecule has 1 saturated heterocycles. The van der Waals surface area contributed by atoms with Gasteiger partial charge in [0.05, 0.1) is 36.8 Å². The summed E-state index contributed by atoms with van der Waals surface area (Å²) in [5.41, 5.74) is 2.92. The number of hydrogen-bond donors (Lipinski definition) is 2. The molecular weight excluding hydrogens is 470 g/mol. The van der Waals surface area contributed by atoms with Crippen LogP contribution in [-0.2, 0) is 15.6 Å². The second-order valence-electron chi connectivity index (χ2n) is 9.28. The third-order valence-electron chi connectivity index (χ3n) is 5.69. The monoisotopic (exact) mass is 499 g/mol. The molecule has 0 unspecified atom stereocenters. The fourth-order valence-electron chi connectivity index (χ4n) is 4.10. The van der Waals surface area contributed by atoms with E-state index in [1.165, 1.54) is 7.11 Å². The van der Waals surface area contributed by atoms with Crippen molar-refractivity contribution in [2.75, 3.05) is 23.0 Å². The van der Waals surface area contributed by atoms with Gasteiger partial charge in [0.15, 0.2) is 5.11 Å². The molecule has 1 aliphatic heterocycles. The van der Waals surface area contributed by atoms with E-state index in [0.29, 0.717) is 16.5 Å². The first kappa shape index (κ1) is 24.0. The highest BCUT2D eigenvalue weighted by molar-refractivity contribution is 7.92. The largest absolute Gasteiger partial charge is 0.495 e. The number of aromatic nitrogens is 2. The maximum atomic E-state index is 12.0. The van der Waals surface area contributed by atoms with Crippen molar-refractivity contribution >= 4 is 38.7 Å². The van der Waals surface area contributed by atoms with E-state index < -0.39 is 10.0 Å². The first-order valence-electron chi connectivity index (χ1n) is 10.8. The van der Waals surface area contributed by atoms with Crippen LogP contribution in [0.4, 0.5) is 11.4 Å². The van der Waals surface area contributed by atoms with Crippen molar-refractivity contribution in [1.82, 2.24) is 14.9 Å². The summed E-state index contributed by atoms with van der Waals surface area (Å²) in [6.45, 7) is 6.44. The quantitative estimate of drug-likeness (QED) is 0.492. The van der Waals surface area contributed by atoms with Crippen molar-refractivity contribution < 1.29 is 13.2 Å². The fraction of sp³-hybridized carbons (Fsp3) is 0.333. The van der Waals surface area contributed by atoms with E-state index in [2.05, 4.69) is 58.8 Å². The van der Waals surface area contributed by atoms with Gasteiger partial charge in [-0.1, -0.05) is 6.07 Å². The van der Waals surface area contributed by atoms with E-state index in [1.807, 2.05) is 29.2 Å². The molecule has 34 heavy (non-hydrogen) atoms. The summed E-state index contributed by atoms with van der Waals surface area (Å²) in [5.74, 6) is 0.420. The lowest BCUT2D eigenvalue weighted by Gasteiger charge is -2.28. The van der Waals surface area contributed by atoms with Crippen molar-refractivity contribution in [3.05, 3.63) is 72.3 Å². The molecule has 0 amide bonds. The zero-order chi connectivity index (χ0) is 24.7. The molecular formula is C24H29N5O3S2. The molecule has 10 heteroatoms. The lowest BCUT2D eigenvalue weighted by molar-refractivity contribution is 0.397. The number of nitrogens with zero attached hydrogens (tertiary/aromatic N) is 3.